The zero-order valence-corrected chi connectivity index (χ0v) is 15.1. The van der Waals surface area contributed by atoms with Gasteiger partial charge in [0.05, 0.1) is 32.3 Å². The van der Waals surface area contributed by atoms with Crippen molar-refractivity contribution in [3.05, 3.63) is 23.8 Å². The molecule has 2 amide bonds. The molecular weight excluding hydrogens is 322 g/mol. The summed E-state index contributed by atoms with van der Waals surface area (Å²) in [6.45, 7) is 5.50. The Balaban J connectivity index is 2.09. The highest BCUT2D eigenvalue weighted by Gasteiger charge is 2.21. The van der Waals surface area contributed by atoms with Crippen LogP contribution in [0.1, 0.15) is 31.9 Å². The minimum Gasteiger partial charge on any atom is -0.490 e. The third kappa shape index (κ3) is 5.63. The molecule has 1 aliphatic heterocycles. The summed E-state index contributed by atoms with van der Waals surface area (Å²) in [6.07, 6.45) is 0.848. The second-order valence-corrected chi connectivity index (χ2v) is 6.68. The summed E-state index contributed by atoms with van der Waals surface area (Å²) in [4.78, 5) is 24.8. The molecule has 1 unspecified atom stereocenters. The molecule has 0 aliphatic carbocycles. The molecule has 7 heteroatoms. The second kappa shape index (κ2) is 8.71. The van der Waals surface area contributed by atoms with Crippen LogP contribution in [0, 0.1) is 5.92 Å². The number of carbonyl (C=O) groups excluding carboxylic acids is 2. The number of rotatable bonds is 7. The maximum Gasteiger partial charge on any atom is 0.234 e. The van der Waals surface area contributed by atoms with Gasteiger partial charge in [-0.2, -0.15) is 0 Å². The van der Waals surface area contributed by atoms with Gasteiger partial charge >= 0.3 is 0 Å². The molecule has 1 aromatic carbocycles. The molecule has 25 heavy (non-hydrogen) atoms. The van der Waals surface area contributed by atoms with Gasteiger partial charge in [0.2, 0.25) is 11.8 Å². The first kappa shape index (κ1) is 19.1. The van der Waals surface area contributed by atoms with Crippen LogP contribution in [-0.4, -0.2) is 50.1 Å². The lowest BCUT2D eigenvalue weighted by atomic mass is 9.95. The summed E-state index contributed by atoms with van der Waals surface area (Å²) in [5, 5.41) is 3.03. The third-order valence-electron chi connectivity index (χ3n) is 3.95. The summed E-state index contributed by atoms with van der Waals surface area (Å²) in [7, 11) is 1.68. The lowest BCUT2D eigenvalue weighted by molar-refractivity contribution is -0.124. The zero-order valence-electron chi connectivity index (χ0n) is 15.1. The minimum atomic E-state index is -0.460. The molecule has 0 fully saturated rings. The maximum atomic E-state index is 12.3. The van der Waals surface area contributed by atoms with E-state index >= 15 is 0 Å². The fourth-order valence-corrected chi connectivity index (χ4v) is 2.79. The molecule has 1 heterocycles. The largest absolute Gasteiger partial charge is 0.490 e. The molecule has 0 radical (unpaired) electrons. The van der Waals surface area contributed by atoms with Crippen LogP contribution in [0.2, 0.25) is 0 Å². The lowest BCUT2D eigenvalue weighted by Gasteiger charge is -2.25. The van der Waals surface area contributed by atoms with E-state index in [4.69, 9.17) is 15.2 Å². The number of hydrogen-bond acceptors (Lipinski definition) is 5. The van der Waals surface area contributed by atoms with Gasteiger partial charge in [-0.25, -0.2) is 0 Å². The molecule has 7 nitrogen and oxygen atoms in total. The Bertz CT molecular complexity index is 618. The highest BCUT2D eigenvalue weighted by molar-refractivity contribution is 5.80. The molecule has 1 aromatic rings. The first-order valence-corrected chi connectivity index (χ1v) is 8.52. The first-order chi connectivity index (χ1) is 11.9. The molecule has 2 rings (SSSR count). The van der Waals surface area contributed by atoms with Gasteiger partial charge in [-0.15, -0.1) is 0 Å². The number of amides is 2. The van der Waals surface area contributed by atoms with Gasteiger partial charge in [0.25, 0.3) is 0 Å². The van der Waals surface area contributed by atoms with Crippen LogP contribution in [0.3, 0.4) is 0 Å². The van der Waals surface area contributed by atoms with Crippen molar-refractivity contribution in [2.75, 3.05) is 33.4 Å². The minimum absolute atomic E-state index is 0.0454. The van der Waals surface area contributed by atoms with E-state index in [0.29, 0.717) is 19.0 Å². The highest BCUT2D eigenvalue weighted by atomic mass is 16.5. The highest BCUT2D eigenvalue weighted by Crippen LogP contribution is 2.34. The number of nitrogens with one attached hydrogen (secondary N) is 1. The van der Waals surface area contributed by atoms with Gasteiger partial charge in [-0.05, 0) is 30.7 Å². The maximum absolute atomic E-state index is 12.3. The molecule has 0 aromatic heterocycles. The van der Waals surface area contributed by atoms with Crippen molar-refractivity contribution in [1.29, 1.82) is 0 Å². The standard InChI is InChI=1S/C18H27N3O4/c1-12(2)18(20-17(23)11-21(3)10-16(19)22)13-5-6-14-15(9-13)25-8-4-7-24-14/h5-6,9,12,18H,4,7-8,10-11H2,1-3H3,(H2,19,22)(H,20,23). The summed E-state index contributed by atoms with van der Waals surface area (Å²) >= 11 is 0. The van der Waals surface area contributed by atoms with E-state index in [2.05, 4.69) is 5.32 Å². The van der Waals surface area contributed by atoms with Crippen LogP contribution >= 0.6 is 0 Å². The predicted octanol–water partition coefficient (Wildman–Crippen LogP) is 1.08. The van der Waals surface area contributed by atoms with Crippen LogP contribution < -0.4 is 20.5 Å². The normalized spacial score (nSPS) is 14.9. The molecule has 0 spiro atoms. The quantitative estimate of drug-likeness (QED) is 0.768. The molecule has 1 atom stereocenters. The topological polar surface area (TPSA) is 93.9 Å². The monoisotopic (exact) mass is 349 g/mol. The average Bonchev–Trinajstić information content (AvgIpc) is 2.75. The Kier molecular flexibility index (Phi) is 6.64. The van der Waals surface area contributed by atoms with E-state index in [1.807, 2.05) is 32.0 Å². The van der Waals surface area contributed by atoms with Crippen molar-refractivity contribution in [3.63, 3.8) is 0 Å². The van der Waals surface area contributed by atoms with Gasteiger partial charge in [0.1, 0.15) is 0 Å². The molecule has 0 saturated heterocycles. The van der Waals surface area contributed by atoms with E-state index in [1.54, 1.807) is 11.9 Å². The van der Waals surface area contributed by atoms with Crippen molar-refractivity contribution in [1.82, 2.24) is 10.2 Å². The smallest absolute Gasteiger partial charge is 0.234 e. The number of nitrogens with zero attached hydrogens (tertiary/aromatic N) is 1. The number of hydrogen-bond donors (Lipinski definition) is 2. The number of primary amides is 1. The molecule has 138 valence electrons. The molecule has 3 N–H and O–H groups in total. The van der Waals surface area contributed by atoms with E-state index in [0.717, 1.165) is 17.7 Å². The van der Waals surface area contributed by atoms with Gasteiger partial charge in [-0.3, -0.25) is 14.5 Å². The molecule has 0 bridgehead atoms. The van der Waals surface area contributed by atoms with Crippen LogP contribution in [0.5, 0.6) is 11.5 Å². The summed E-state index contributed by atoms with van der Waals surface area (Å²) in [5.41, 5.74) is 6.11. The molecule has 0 saturated carbocycles. The fourth-order valence-electron chi connectivity index (χ4n) is 2.79. The average molecular weight is 349 g/mol. The van der Waals surface area contributed by atoms with Gasteiger partial charge in [0.15, 0.2) is 11.5 Å². The predicted molar refractivity (Wildman–Crippen MR) is 94.5 cm³/mol. The Morgan fingerprint density at radius 2 is 1.88 bits per heavy atom. The third-order valence-corrected chi connectivity index (χ3v) is 3.95. The number of carbonyl (C=O) groups is 2. The number of fused-ring (bicyclic) bond motifs is 1. The van der Waals surface area contributed by atoms with Crippen molar-refractivity contribution in [2.24, 2.45) is 11.7 Å². The van der Waals surface area contributed by atoms with Crippen molar-refractivity contribution < 1.29 is 19.1 Å². The summed E-state index contributed by atoms with van der Waals surface area (Å²) in [6, 6.07) is 5.60. The molecule has 1 aliphatic rings. The SMILES string of the molecule is CC(C)C(NC(=O)CN(C)CC(N)=O)c1ccc2c(c1)OCCCO2. The summed E-state index contributed by atoms with van der Waals surface area (Å²) in [5.74, 6) is 1.01. The Morgan fingerprint density at radius 1 is 1.20 bits per heavy atom. The molecular formula is C18H27N3O4. The van der Waals surface area contributed by atoms with Crippen LogP contribution in [0.25, 0.3) is 0 Å². The Morgan fingerprint density at radius 3 is 2.52 bits per heavy atom. The number of likely N-dealkylation sites (N-methyl/N-ethyl adjacent to an activating group) is 1. The van der Waals surface area contributed by atoms with Gasteiger partial charge < -0.3 is 20.5 Å². The van der Waals surface area contributed by atoms with E-state index < -0.39 is 5.91 Å². The van der Waals surface area contributed by atoms with Gasteiger partial charge in [-0.1, -0.05) is 19.9 Å². The van der Waals surface area contributed by atoms with E-state index in [-0.39, 0.29) is 31.0 Å². The number of ether oxygens (including phenoxy) is 2. The van der Waals surface area contributed by atoms with Crippen molar-refractivity contribution in [3.8, 4) is 11.5 Å². The van der Waals surface area contributed by atoms with Crippen molar-refractivity contribution in [2.45, 2.75) is 26.3 Å². The number of benzene rings is 1. The van der Waals surface area contributed by atoms with Crippen molar-refractivity contribution >= 4 is 11.8 Å². The Hall–Kier alpha value is -2.28. The number of nitrogens with two attached hydrogens (primary N) is 1. The summed E-state index contributed by atoms with van der Waals surface area (Å²) < 4.78 is 11.4. The Labute approximate surface area is 148 Å². The van der Waals surface area contributed by atoms with Crippen LogP contribution in [-0.2, 0) is 9.59 Å². The first-order valence-electron chi connectivity index (χ1n) is 8.52. The van der Waals surface area contributed by atoms with E-state index in [9.17, 15) is 9.59 Å². The fraction of sp³-hybridized carbons (Fsp3) is 0.556. The second-order valence-electron chi connectivity index (χ2n) is 6.68. The lowest BCUT2D eigenvalue weighted by Crippen LogP contribution is -2.41. The van der Waals surface area contributed by atoms with Crippen LogP contribution in [0.4, 0.5) is 0 Å². The van der Waals surface area contributed by atoms with Gasteiger partial charge in [0, 0.05) is 6.42 Å². The van der Waals surface area contributed by atoms with Crippen LogP contribution in [0.15, 0.2) is 18.2 Å². The van der Waals surface area contributed by atoms with E-state index in [1.165, 1.54) is 0 Å². The zero-order chi connectivity index (χ0) is 18.4.